The summed E-state index contributed by atoms with van der Waals surface area (Å²) in [6, 6.07) is 3.64. The van der Waals surface area contributed by atoms with Crippen molar-refractivity contribution in [2.24, 2.45) is 0 Å². The van der Waals surface area contributed by atoms with Gasteiger partial charge >= 0.3 is 7.12 Å². The summed E-state index contributed by atoms with van der Waals surface area (Å²) < 4.78 is 17.6. The van der Waals surface area contributed by atoms with Gasteiger partial charge in [-0.05, 0) is 23.7 Å². The van der Waals surface area contributed by atoms with Gasteiger partial charge in [-0.1, -0.05) is 11.6 Å². The van der Waals surface area contributed by atoms with E-state index in [2.05, 4.69) is 0 Å². The number of hydrogen-bond acceptors (Lipinski definition) is 3. The molecule has 14 heavy (non-hydrogen) atoms. The molecule has 0 bridgehead atoms. The normalized spacial score (nSPS) is 10.3. The molecule has 0 aliphatic heterocycles. The average Bonchev–Trinajstić information content (AvgIpc) is 2.12. The minimum Gasteiger partial charge on any atom is -0.423 e. The van der Waals surface area contributed by atoms with Crippen molar-refractivity contribution >= 4 is 24.2 Å². The fourth-order valence-electron chi connectivity index (χ4n) is 0.978. The van der Waals surface area contributed by atoms with Crippen LogP contribution in [0.3, 0.4) is 0 Å². The highest BCUT2D eigenvalue weighted by Gasteiger charge is 2.17. The second-order valence-corrected chi connectivity index (χ2v) is 3.09. The van der Waals surface area contributed by atoms with E-state index in [0.717, 1.165) is 12.1 Å². The highest BCUT2D eigenvalue weighted by molar-refractivity contribution is 6.60. The van der Waals surface area contributed by atoms with Crippen LogP contribution in [0.15, 0.2) is 18.2 Å². The van der Waals surface area contributed by atoms with Crippen LogP contribution in [0, 0.1) is 5.82 Å². The number of aliphatic hydroxyl groups excluding tert-OH is 1. The van der Waals surface area contributed by atoms with Gasteiger partial charge in [0.1, 0.15) is 5.82 Å². The summed E-state index contributed by atoms with van der Waals surface area (Å²) in [4.78, 5) is 0. The van der Waals surface area contributed by atoms with Crippen molar-refractivity contribution in [1.29, 1.82) is 0 Å². The zero-order chi connectivity index (χ0) is 10.6. The summed E-state index contributed by atoms with van der Waals surface area (Å²) in [6.45, 7) is -0.227. The smallest absolute Gasteiger partial charge is 0.423 e. The minimum absolute atomic E-state index is 0.0186. The van der Waals surface area contributed by atoms with Gasteiger partial charge in [0.2, 0.25) is 0 Å². The van der Waals surface area contributed by atoms with Gasteiger partial charge in [0.25, 0.3) is 0 Å². The molecule has 6 heteroatoms. The van der Waals surface area contributed by atoms with Crippen LogP contribution < -0.4 is 5.46 Å². The fourth-order valence-corrected chi connectivity index (χ4v) is 1.21. The summed E-state index contributed by atoms with van der Waals surface area (Å²) in [6.07, 6.45) is 0. The molecule has 0 unspecified atom stereocenters. The Hall–Kier alpha value is -0.615. The third-order valence-electron chi connectivity index (χ3n) is 1.54. The first-order chi connectivity index (χ1) is 6.63. The third kappa shape index (κ3) is 3.27. The van der Waals surface area contributed by atoms with Crippen LogP contribution in [0.25, 0.3) is 0 Å². The Morgan fingerprint density at radius 2 is 2.14 bits per heavy atom. The van der Waals surface area contributed by atoms with Crippen molar-refractivity contribution in [3.05, 3.63) is 29.0 Å². The number of benzene rings is 1. The van der Waals surface area contributed by atoms with Gasteiger partial charge in [-0.25, -0.2) is 4.39 Å². The molecule has 0 amide bonds. The van der Waals surface area contributed by atoms with Crippen molar-refractivity contribution in [3.63, 3.8) is 0 Å². The van der Waals surface area contributed by atoms with E-state index in [1.54, 1.807) is 0 Å². The summed E-state index contributed by atoms with van der Waals surface area (Å²) in [5, 5.41) is 18.0. The molecule has 76 valence electrons. The molecule has 1 aromatic rings. The maximum Gasteiger partial charge on any atom is 0.491 e. The first-order valence-electron chi connectivity index (χ1n) is 4.00. The molecular formula is C8H9BClFO3. The van der Waals surface area contributed by atoms with E-state index in [1.807, 2.05) is 0 Å². The monoisotopic (exact) mass is 218 g/mol. The van der Waals surface area contributed by atoms with Gasteiger partial charge in [-0.3, -0.25) is 0 Å². The predicted octanol–water partition coefficient (Wildman–Crippen LogP) is 0.175. The maximum atomic E-state index is 12.8. The lowest BCUT2D eigenvalue weighted by Gasteiger charge is -2.07. The molecule has 3 nitrogen and oxygen atoms in total. The first kappa shape index (κ1) is 11.5. The number of aliphatic hydroxyl groups is 1. The van der Waals surface area contributed by atoms with Gasteiger partial charge in [0.05, 0.1) is 13.2 Å². The van der Waals surface area contributed by atoms with Crippen molar-refractivity contribution in [3.8, 4) is 0 Å². The standard InChI is InChI=1S/C8H9BClFO3/c10-7-3-6(4-8(11)5-7)9(13)14-2-1-12/h3-5,12-13H,1-2H2. The van der Waals surface area contributed by atoms with E-state index in [0.29, 0.717) is 0 Å². The minimum atomic E-state index is -1.27. The van der Waals surface area contributed by atoms with Gasteiger partial charge in [-0.2, -0.15) is 0 Å². The summed E-state index contributed by atoms with van der Waals surface area (Å²) in [7, 11) is -1.27. The van der Waals surface area contributed by atoms with Crippen LogP contribution >= 0.6 is 11.6 Å². The van der Waals surface area contributed by atoms with E-state index >= 15 is 0 Å². The van der Waals surface area contributed by atoms with Crippen molar-refractivity contribution in [2.45, 2.75) is 0 Å². The van der Waals surface area contributed by atoms with Crippen LogP contribution in [-0.2, 0) is 4.65 Å². The SMILES string of the molecule is OCCOB(O)c1cc(F)cc(Cl)c1. The summed E-state index contributed by atoms with van der Waals surface area (Å²) in [5.41, 5.74) is 0.225. The molecule has 0 aromatic heterocycles. The second kappa shape index (κ2) is 5.31. The van der Waals surface area contributed by atoms with Crippen LogP contribution in [-0.4, -0.2) is 30.5 Å². The summed E-state index contributed by atoms with van der Waals surface area (Å²) in [5.74, 6) is -0.542. The Morgan fingerprint density at radius 1 is 1.43 bits per heavy atom. The predicted molar refractivity (Wildman–Crippen MR) is 52.1 cm³/mol. The van der Waals surface area contributed by atoms with E-state index in [4.69, 9.17) is 21.4 Å². The number of rotatable bonds is 4. The Labute approximate surface area is 86.2 Å². The lowest BCUT2D eigenvalue weighted by Crippen LogP contribution is -2.34. The van der Waals surface area contributed by atoms with Crippen molar-refractivity contribution < 1.29 is 19.2 Å². The first-order valence-corrected chi connectivity index (χ1v) is 4.38. The highest BCUT2D eigenvalue weighted by Crippen LogP contribution is 2.08. The number of halogens is 2. The van der Waals surface area contributed by atoms with Crippen LogP contribution in [0.4, 0.5) is 4.39 Å². The number of hydrogen-bond donors (Lipinski definition) is 2. The highest BCUT2D eigenvalue weighted by atomic mass is 35.5. The molecule has 0 aliphatic carbocycles. The van der Waals surface area contributed by atoms with Crippen LogP contribution in [0.1, 0.15) is 0 Å². The molecule has 0 heterocycles. The van der Waals surface area contributed by atoms with Crippen LogP contribution in [0.5, 0.6) is 0 Å². The molecule has 0 saturated carbocycles. The largest absolute Gasteiger partial charge is 0.491 e. The van der Waals surface area contributed by atoms with Gasteiger partial charge in [-0.15, -0.1) is 0 Å². The Kier molecular flexibility index (Phi) is 4.35. The van der Waals surface area contributed by atoms with Gasteiger partial charge in [0, 0.05) is 5.02 Å². The Balaban J connectivity index is 2.73. The van der Waals surface area contributed by atoms with Crippen LogP contribution in [0.2, 0.25) is 5.02 Å². The quantitative estimate of drug-likeness (QED) is 0.709. The maximum absolute atomic E-state index is 12.8. The van der Waals surface area contributed by atoms with Crippen molar-refractivity contribution in [2.75, 3.05) is 13.2 Å². The molecule has 0 aliphatic rings. The third-order valence-corrected chi connectivity index (χ3v) is 1.76. The van der Waals surface area contributed by atoms with Gasteiger partial charge in [0.15, 0.2) is 0 Å². The molecule has 0 saturated heterocycles. The molecule has 1 aromatic carbocycles. The average molecular weight is 218 g/mol. The lowest BCUT2D eigenvalue weighted by atomic mass is 9.79. The molecule has 0 spiro atoms. The van der Waals surface area contributed by atoms with E-state index in [9.17, 15) is 9.41 Å². The zero-order valence-electron chi connectivity index (χ0n) is 7.28. The zero-order valence-corrected chi connectivity index (χ0v) is 8.04. The van der Waals surface area contributed by atoms with Gasteiger partial charge < -0.3 is 14.8 Å². The molecular weight excluding hydrogens is 209 g/mol. The Bertz CT molecular complexity index is 290. The van der Waals surface area contributed by atoms with E-state index in [1.165, 1.54) is 6.07 Å². The molecule has 0 radical (unpaired) electrons. The van der Waals surface area contributed by atoms with Crippen molar-refractivity contribution in [1.82, 2.24) is 0 Å². The topological polar surface area (TPSA) is 49.7 Å². The Morgan fingerprint density at radius 3 is 2.71 bits per heavy atom. The molecule has 0 fully saturated rings. The van der Waals surface area contributed by atoms with E-state index in [-0.39, 0.29) is 23.7 Å². The lowest BCUT2D eigenvalue weighted by molar-refractivity contribution is 0.183. The van der Waals surface area contributed by atoms with E-state index < -0.39 is 12.9 Å². The summed E-state index contributed by atoms with van der Waals surface area (Å²) >= 11 is 5.57. The molecule has 2 N–H and O–H groups in total. The molecule has 0 atom stereocenters. The second-order valence-electron chi connectivity index (χ2n) is 2.65. The fraction of sp³-hybridized carbons (Fsp3) is 0.250. The molecule has 1 rings (SSSR count).